The van der Waals surface area contributed by atoms with Crippen LogP contribution in [0.3, 0.4) is 0 Å². The van der Waals surface area contributed by atoms with E-state index in [0.717, 1.165) is 25.2 Å². The molecular weight excluding hydrogens is 222 g/mol. The zero-order chi connectivity index (χ0) is 12.8. The van der Waals surface area contributed by atoms with Crippen LogP contribution in [0.5, 0.6) is 0 Å². The summed E-state index contributed by atoms with van der Waals surface area (Å²) >= 11 is 0. The lowest BCUT2D eigenvalue weighted by molar-refractivity contribution is 0.0220. The van der Waals surface area contributed by atoms with Gasteiger partial charge in [0.1, 0.15) is 0 Å². The van der Waals surface area contributed by atoms with Crippen molar-refractivity contribution in [1.29, 1.82) is 0 Å². The molecule has 18 heavy (non-hydrogen) atoms. The van der Waals surface area contributed by atoms with Crippen molar-refractivity contribution >= 4 is 0 Å². The molecule has 0 aromatic rings. The predicted octanol–water partition coefficient (Wildman–Crippen LogP) is 3.75. The zero-order valence-corrected chi connectivity index (χ0v) is 12.3. The van der Waals surface area contributed by atoms with E-state index in [-0.39, 0.29) is 0 Å². The summed E-state index contributed by atoms with van der Waals surface area (Å²) in [5.74, 6) is 1.02. The van der Waals surface area contributed by atoms with Crippen molar-refractivity contribution < 1.29 is 4.74 Å². The van der Waals surface area contributed by atoms with Gasteiger partial charge in [-0.2, -0.15) is 0 Å². The highest BCUT2D eigenvalue weighted by Gasteiger charge is 2.28. The second-order valence-electron chi connectivity index (χ2n) is 6.81. The third kappa shape index (κ3) is 4.24. The second-order valence-corrected chi connectivity index (χ2v) is 6.81. The third-order valence-electron chi connectivity index (χ3n) is 5.06. The molecule has 2 nitrogen and oxygen atoms in total. The average molecular weight is 253 g/mol. The third-order valence-corrected chi connectivity index (χ3v) is 5.06. The molecule has 1 N–H and O–H groups in total. The first-order valence-corrected chi connectivity index (χ1v) is 8.03. The molecule has 2 heteroatoms. The van der Waals surface area contributed by atoms with Gasteiger partial charge in [0.2, 0.25) is 0 Å². The van der Waals surface area contributed by atoms with Gasteiger partial charge in [0.05, 0.1) is 0 Å². The van der Waals surface area contributed by atoms with E-state index in [2.05, 4.69) is 19.2 Å². The summed E-state index contributed by atoms with van der Waals surface area (Å²) in [7, 11) is 0. The van der Waals surface area contributed by atoms with Crippen molar-refractivity contribution in [2.24, 2.45) is 11.3 Å². The van der Waals surface area contributed by atoms with Crippen LogP contribution >= 0.6 is 0 Å². The average Bonchev–Trinajstić information content (AvgIpc) is 2.39. The molecule has 1 saturated heterocycles. The molecule has 106 valence electrons. The molecule has 0 spiro atoms. The molecule has 2 rings (SSSR count). The normalized spacial score (nSPS) is 32.3. The molecule has 0 radical (unpaired) electrons. The Morgan fingerprint density at radius 1 is 1.11 bits per heavy atom. The van der Waals surface area contributed by atoms with E-state index < -0.39 is 0 Å². The highest BCUT2D eigenvalue weighted by Crippen LogP contribution is 2.31. The monoisotopic (exact) mass is 253 g/mol. The van der Waals surface area contributed by atoms with Crippen LogP contribution in [0.2, 0.25) is 0 Å². The standard InChI is InChI=1S/C16H31NO/c1-3-4-14-5-7-15(8-6-14)17-13-16(2)9-11-18-12-10-16/h14-15,17H,3-13H2,1-2H3. The Hall–Kier alpha value is -0.0800. The van der Waals surface area contributed by atoms with E-state index in [9.17, 15) is 0 Å². The molecule has 1 aliphatic carbocycles. The van der Waals surface area contributed by atoms with Gasteiger partial charge >= 0.3 is 0 Å². The Labute approximate surface area is 113 Å². The first-order chi connectivity index (χ1) is 8.72. The quantitative estimate of drug-likeness (QED) is 0.805. The fraction of sp³-hybridized carbons (Fsp3) is 1.00. The van der Waals surface area contributed by atoms with Gasteiger partial charge in [-0.25, -0.2) is 0 Å². The number of rotatable bonds is 5. The number of nitrogens with one attached hydrogen (secondary N) is 1. The van der Waals surface area contributed by atoms with Gasteiger partial charge in [-0.05, 0) is 49.9 Å². The van der Waals surface area contributed by atoms with Gasteiger partial charge < -0.3 is 10.1 Å². The molecule has 0 aromatic carbocycles. The molecule has 0 atom stereocenters. The maximum absolute atomic E-state index is 5.47. The van der Waals surface area contributed by atoms with E-state index in [1.165, 1.54) is 57.9 Å². The SMILES string of the molecule is CCCC1CCC(NCC2(C)CCOCC2)CC1. The predicted molar refractivity (Wildman–Crippen MR) is 76.8 cm³/mol. The van der Waals surface area contributed by atoms with Gasteiger partial charge in [0, 0.05) is 25.8 Å². The Bertz CT molecular complexity index is 227. The zero-order valence-electron chi connectivity index (χ0n) is 12.3. The summed E-state index contributed by atoms with van der Waals surface area (Å²) in [5.41, 5.74) is 0.485. The van der Waals surface area contributed by atoms with Crippen LogP contribution < -0.4 is 5.32 Å². The van der Waals surface area contributed by atoms with Gasteiger partial charge in [-0.15, -0.1) is 0 Å². The van der Waals surface area contributed by atoms with Crippen molar-refractivity contribution in [3.8, 4) is 0 Å². The van der Waals surface area contributed by atoms with E-state index in [4.69, 9.17) is 4.74 Å². The van der Waals surface area contributed by atoms with Gasteiger partial charge in [0.15, 0.2) is 0 Å². The lowest BCUT2D eigenvalue weighted by atomic mass is 9.80. The fourth-order valence-electron chi connectivity index (χ4n) is 3.50. The molecule has 0 amide bonds. The van der Waals surface area contributed by atoms with E-state index in [1.807, 2.05) is 0 Å². The Morgan fingerprint density at radius 3 is 2.39 bits per heavy atom. The lowest BCUT2D eigenvalue weighted by Gasteiger charge is -2.37. The minimum atomic E-state index is 0.485. The minimum absolute atomic E-state index is 0.485. The molecule has 0 bridgehead atoms. The Morgan fingerprint density at radius 2 is 1.78 bits per heavy atom. The molecule has 0 aromatic heterocycles. The van der Waals surface area contributed by atoms with Crippen LogP contribution in [0.4, 0.5) is 0 Å². The molecule has 0 unspecified atom stereocenters. The molecule has 2 fully saturated rings. The van der Waals surface area contributed by atoms with Gasteiger partial charge in [0.25, 0.3) is 0 Å². The summed E-state index contributed by atoms with van der Waals surface area (Å²) < 4.78 is 5.47. The highest BCUT2D eigenvalue weighted by atomic mass is 16.5. The van der Waals surface area contributed by atoms with Crippen LogP contribution in [0.1, 0.15) is 65.2 Å². The lowest BCUT2D eigenvalue weighted by Crippen LogP contribution is -2.42. The number of ether oxygens (including phenoxy) is 1. The van der Waals surface area contributed by atoms with E-state index in [0.29, 0.717) is 5.41 Å². The van der Waals surface area contributed by atoms with Gasteiger partial charge in [-0.1, -0.05) is 26.7 Å². The summed E-state index contributed by atoms with van der Waals surface area (Å²) in [6, 6.07) is 0.790. The largest absolute Gasteiger partial charge is 0.381 e. The van der Waals surface area contributed by atoms with Crippen molar-refractivity contribution in [3.05, 3.63) is 0 Å². The van der Waals surface area contributed by atoms with Crippen molar-refractivity contribution in [2.45, 2.75) is 71.3 Å². The maximum atomic E-state index is 5.47. The molecule has 1 aliphatic heterocycles. The molecule has 1 saturated carbocycles. The first kappa shape index (κ1) is 14.3. The van der Waals surface area contributed by atoms with Crippen molar-refractivity contribution in [1.82, 2.24) is 5.32 Å². The number of hydrogen-bond acceptors (Lipinski definition) is 2. The molecule has 2 aliphatic rings. The molecular formula is C16H31NO. The first-order valence-electron chi connectivity index (χ1n) is 8.03. The van der Waals surface area contributed by atoms with Crippen LogP contribution in [0.25, 0.3) is 0 Å². The minimum Gasteiger partial charge on any atom is -0.381 e. The van der Waals surface area contributed by atoms with Crippen LogP contribution in [0, 0.1) is 11.3 Å². The van der Waals surface area contributed by atoms with E-state index >= 15 is 0 Å². The molecule has 1 heterocycles. The summed E-state index contributed by atoms with van der Waals surface area (Å²) in [5, 5.41) is 3.84. The number of hydrogen-bond donors (Lipinski definition) is 1. The van der Waals surface area contributed by atoms with Gasteiger partial charge in [-0.3, -0.25) is 0 Å². The second kappa shape index (κ2) is 6.91. The summed E-state index contributed by atoms with van der Waals surface area (Å²) in [6.07, 6.45) is 11.0. The topological polar surface area (TPSA) is 21.3 Å². The Kier molecular flexibility index (Phi) is 5.50. The van der Waals surface area contributed by atoms with Crippen LogP contribution in [0.15, 0.2) is 0 Å². The highest BCUT2D eigenvalue weighted by molar-refractivity contribution is 4.83. The van der Waals surface area contributed by atoms with E-state index in [1.54, 1.807) is 0 Å². The fourth-order valence-corrected chi connectivity index (χ4v) is 3.50. The maximum Gasteiger partial charge on any atom is 0.0471 e. The van der Waals surface area contributed by atoms with Crippen molar-refractivity contribution in [2.75, 3.05) is 19.8 Å². The Balaban J connectivity index is 1.65. The summed E-state index contributed by atoms with van der Waals surface area (Å²) in [6.45, 7) is 7.85. The van der Waals surface area contributed by atoms with Crippen molar-refractivity contribution in [3.63, 3.8) is 0 Å². The smallest absolute Gasteiger partial charge is 0.0471 e. The summed E-state index contributed by atoms with van der Waals surface area (Å²) in [4.78, 5) is 0. The van der Waals surface area contributed by atoms with Crippen LogP contribution in [-0.4, -0.2) is 25.8 Å². The van der Waals surface area contributed by atoms with Crippen LogP contribution in [-0.2, 0) is 4.74 Å².